The van der Waals surface area contributed by atoms with Crippen LogP contribution < -0.4 is 11.1 Å². The van der Waals surface area contributed by atoms with Crippen LogP contribution in [-0.4, -0.2) is 20.9 Å². The molecule has 3 rings (SSSR count). The summed E-state index contributed by atoms with van der Waals surface area (Å²) >= 11 is 0. The standard InChI is InChI=1S/C16H13N5O/c17-15(22)11-3-5-13(6-4-11)20-16-19-9-7-14(21-16)12-2-1-8-18-10-12/h1-10H,(H2,17,22)(H,19,20,21). The number of hydrogen-bond acceptors (Lipinski definition) is 5. The summed E-state index contributed by atoms with van der Waals surface area (Å²) in [7, 11) is 0. The minimum Gasteiger partial charge on any atom is -0.366 e. The molecule has 0 bridgehead atoms. The van der Waals surface area contributed by atoms with Crippen molar-refractivity contribution in [3.63, 3.8) is 0 Å². The monoisotopic (exact) mass is 291 g/mol. The Hall–Kier alpha value is -3.28. The summed E-state index contributed by atoms with van der Waals surface area (Å²) in [5.74, 6) is 0.00885. The van der Waals surface area contributed by atoms with Crippen molar-refractivity contribution in [3.05, 3.63) is 66.6 Å². The van der Waals surface area contributed by atoms with Gasteiger partial charge in [0.25, 0.3) is 0 Å². The fourth-order valence-corrected chi connectivity index (χ4v) is 1.94. The molecule has 0 saturated carbocycles. The van der Waals surface area contributed by atoms with Gasteiger partial charge in [0.15, 0.2) is 0 Å². The van der Waals surface area contributed by atoms with Crippen LogP contribution in [0.4, 0.5) is 11.6 Å². The van der Waals surface area contributed by atoms with E-state index in [-0.39, 0.29) is 0 Å². The molecule has 1 amide bonds. The van der Waals surface area contributed by atoms with Crippen LogP contribution in [0, 0.1) is 0 Å². The minimum absolute atomic E-state index is 0.454. The van der Waals surface area contributed by atoms with Crippen molar-refractivity contribution in [2.45, 2.75) is 0 Å². The van der Waals surface area contributed by atoms with Gasteiger partial charge in [-0.1, -0.05) is 0 Å². The molecule has 0 saturated heterocycles. The number of carbonyl (C=O) groups is 1. The molecule has 3 N–H and O–H groups in total. The maximum absolute atomic E-state index is 11.0. The Bertz CT molecular complexity index is 787. The molecule has 0 aliphatic carbocycles. The van der Waals surface area contributed by atoms with Crippen LogP contribution >= 0.6 is 0 Å². The molecule has 0 aliphatic heterocycles. The van der Waals surface area contributed by atoms with Gasteiger partial charge < -0.3 is 11.1 Å². The van der Waals surface area contributed by atoms with Gasteiger partial charge in [0.1, 0.15) is 0 Å². The van der Waals surface area contributed by atoms with E-state index in [4.69, 9.17) is 5.73 Å². The molecule has 2 heterocycles. The Morgan fingerprint density at radius 2 is 1.86 bits per heavy atom. The minimum atomic E-state index is -0.457. The van der Waals surface area contributed by atoms with Gasteiger partial charge in [-0.2, -0.15) is 0 Å². The molecule has 0 spiro atoms. The SMILES string of the molecule is NC(=O)c1ccc(Nc2nccc(-c3cccnc3)n2)cc1. The lowest BCUT2D eigenvalue weighted by atomic mass is 10.2. The van der Waals surface area contributed by atoms with E-state index >= 15 is 0 Å². The fourth-order valence-electron chi connectivity index (χ4n) is 1.94. The number of primary amides is 1. The number of nitrogens with zero attached hydrogens (tertiary/aromatic N) is 3. The highest BCUT2D eigenvalue weighted by Gasteiger charge is 2.04. The molecule has 2 aromatic heterocycles. The van der Waals surface area contributed by atoms with E-state index in [2.05, 4.69) is 20.3 Å². The van der Waals surface area contributed by atoms with Gasteiger partial charge in [-0.15, -0.1) is 0 Å². The Balaban J connectivity index is 1.82. The molecule has 0 atom stereocenters. The molecular formula is C16H13N5O. The van der Waals surface area contributed by atoms with Crippen molar-refractivity contribution >= 4 is 17.5 Å². The van der Waals surface area contributed by atoms with Crippen LogP contribution in [0.5, 0.6) is 0 Å². The van der Waals surface area contributed by atoms with Gasteiger partial charge in [-0.25, -0.2) is 9.97 Å². The van der Waals surface area contributed by atoms with E-state index in [1.165, 1.54) is 0 Å². The first kappa shape index (κ1) is 13.7. The highest BCUT2D eigenvalue weighted by molar-refractivity contribution is 5.93. The third kappa shape index (κ3) is 3.06. The topological polar surface area (TPSA) is 93.8 Å². The first-order chi connectivity index (χ1) is 10.7. The number of carbonyl (C=O) groups excluding carboxylic acids is 1. The first-order valence-corrected chi connectivity index (χ1v) is 6.63. The van der Waals surface area contributed by atoms with Crippen LogP contribution in [0.3, 0.4) is 0 Å². The van der Waals surface area contributed by atoms with Crippen molar-refractivity contribution in [3.8, 4) is 11.3 Å². The Labute approximate surface area is 127 Å². The molecule has 0 radical (unpaired) electrons. The Morgan fingerprint density at radius 1 is 1.05 bits per heavy atom. The van der Waals surface area contributed by atoms with Gasteiger partial charge in [-0.3, -0.25) is 9.78 Å². The highest BCUT2D eigenvalue weighted by atomic mass is 16.1. The second-order valence-corrected chi connectivity index (χ2v) is 4.57. The predicted molar refractivity (Wildman–Crippen MR) is 83.5 cm³/mol. The first-order valence-electron chi connectivity index (χ1n) is 6.63. The van der Waals surface area contributed by atoms with Gasteiger partial charge in [-0.05, 0) is 42.5 Å². The zero-order valence-electron chi connectivity index (χ0n) is 11.6. The predicted octanol–water partition coefficient (Wildman–Crippen LogP) is 2.38. The fraction of sp³-hybridized carbons (Fsp3) is 0. The number of aromatic nitrogens is 3. The zero-order chi connectivity index (χ0) is 15.4. The van der Waals surface area contributed by atoms with E-state index in [1.807, 2.05) is 18.2 Å². The van der Waals surface area contributed by atoms with Gasteiger partial charge in [0.05, 0.1) is 5.69 Å². The summed E-state index contributed by atoms with van der Waals surface area (Å²) in [4.78, 5) is 23.7. The van der Waals surface area contributed by atoms with Crippen molar-refractivity contribution in [2.24, 2.45) is 5.73 Å². The zero-order valence-corrected chi connectivity index (χ0v) is 11.6. The Kier molecular flexibility index (Phi) is 3.74. The third-order valence-corrected chi connectivity index (χ3v) is 3.04. The van der Waals surface area contributed by atoms with E-state index in [0.717, 1.165) is 16.9 Å². The van der Waals surface area contributed by atoms with Gasteiger partial charge in [0, 0.05) is 35.4 Å². The van der Waals surface area contributed by atoms with E-state index in [9.17, 15) is 4.79 Å². The van der Waals surface area contributed by atoms with E-state index < -0.39 is 5.91 Å². The van der Waals surface area contributed by atoms with Crippen LogP contribution in [0.1, 0.15) is 10.4 Å². The Morgan fingerprint density at radius 3 is 2.55 bits per heavy atom. The summed E-state index contributed by atoms with van der Waals surface area (Å²) in [5.41, 5.74) is 8.13. The van der Waals surface area contributed by atoms with Crippen molar-refractivity contribution in [2.75, 3.05) is 5.32 Å². The van der Waals surface area contributed by atoms with Crippen LogP contribution in [-0.2, 0) is 0 Å². The molecule has 6 nitrogen and oxygen atoms in total. The number of pyridine rings is 1. The van der Waals surface area contributed by atoms with Crippen molar-refractivity contribution in [1.29, 1.82) is 0 Å². The second kappa shape index (κ2) is 6.01. The molecule has 0 unspecified atom stereocenters. The largest absolute Gasteiger partial charge is 0.366 e. The maximum Gasteiger partial charge on any atom is 0.248 e. The molecule has 22 heavy (non-hydrogen) atoms. The summed E-state index contributed by atoms with van der Waals surface area (Å²) in [5, 5.41) is 3.09. The molecule has 3 aromatic rings. The van der Waals surface area contributed by atoms with Crippen molar-refractivity contribution in [1.82, 2.24) is 15.0 Å². The number of nitrogens with two attached hydrogens (primary N) is 1. The smallest absolute Gasteiger partial charge is 0.248 e. The average molecular weight is 291 g/mol. The third-order valence-electron chi connectivity index (χ3n) is 3.04. The quantitative estimate of drug-likeness (QED) is 0.769. The normalized spacial score (nSPS) is 10.2. The van der Waals surface area contributed by atoms with Crippen LogP contribution in [0.15, 0.2) is 61.1 Å². The molecule has 108 valence electrons. The van der Waals surface area contributed by atoms with Gasteiger partial charge in [0.2, 0.25) is 11.9 Å². The van der Waals surface area contributed by atoms with E-state index in [0.29, 0.717) is 11.5 Å². The molecule has 0 fully saturated rings. The molecule has 0 aliphatic rings. The molecular weight excluding hydrogens is 278 g/mol. The van der Waals surface area contributed by atoms with Gasteiger partial charge >= 0.3 is 0 Å². The second-order valence-electron chi connectivity index (χ2n) is 4.57. The number of nitrogens with one attached hydrogen (secondary N) is 1. The summed E-state index contributed by atoms with van der Waals surface area (Å²) in [6.07, 6.45) is 5.13. The molecule has 6 heteroatoms. The number of anilines is 2. The average Bonchev–Trinajstić information content (AvgIpc) is 2.56. The number of rotatable bonds is 4. The summed E-state index contributed by atoms with van der Waals surface area (Å²) in [6.45, 7) is 0. The lowest BCUT2D eigenvalue weighted by Crippen LogP contribution is -2.10. The number of amides is 1. The lowest BCUT2D eigenvalue weighted by molar-refractivity contribution is 0.100. The maximum atomic E-state index is 11.0. The number of hydrogen-bond donors (Lipinski definition) is 2. The highest BCUT2D eigenvalue weighted by Crippen LogP contribution is 2.18. The van der Waals surface area contributed by atoms with Crippen molar-refractivity contribution < 1.29 is 4.79 Å². The lowest BCUT2D eigenvalue weighted by Gasteiger charge is -2.07. The van der Waals surface area contributed by atoms with Crippen LogP contribution in [0.25, 0.3) is 11.3 Å². The summed E-state index contributed by atoms with van der Waals surface area (Å²) < 4.78 is 0. The summed E-state index contributed by atoms with van der Waals surface area (Å²) in [6, 6.07) is 12.4. The van der Waals surface area contributed by atoms with E-state index in [1.54, 1.807) is 42.9 Å². The molecule has 1 aromatic carbocycles. The number of benzene rings is 1. The van der Waals surface area contributed by atoms with Crippen LogP contribution in [0.2, 0.25) is 0 Å².